The summed E-state index contributed by atoms with van der Waals surface area (Å²) < 4.78 is 5.75. The molecule has 23 heavy (non-hydrogen) atoms. The molecule has 0 bridgehead atoms. The highest BCUT2D eigenvalue weighted by atomic mass is 32.1. The first-order chi connectivity index (χ1) is 11.1. The normalized spacial score (nSPS) is 10.6. The smallest absolute Gasteiger partial charge is 0.223 e. The van der Waals surface area contributed by atoms with Crippen molar-refractivity contribution in [2.45, 2.75) is 40.0 Å². The number of aromatic nitrogens is 1. The van der Waals surface area contributed by atoms with E-state index in [2.05, 4.69) is 15.7 Å². The monoisotopic (exact) mass is 332 g/mol. The van der Waals surface area contributed by atoms with Crippen molar-refractivity contribution in [2.75, 3.05) is 13.2 Å². The molecule has 0 fully saturated rings. The number of benzene rings is 1. The van der Waals surface area contributed by atoms with Crippen LogP contribution in [0.4, 0.5) is 0 Å². The van der Waals surface area contributed by atoms with Gasteiger partial charge in [-0.05, 0) is 38.3 Å². The van der Waals surface area contributed by atoms with Crippen molar-refractivity contribution in [1.29, 1.82) is 0 Å². The van der Waals surface area contributed by atoms with E-state index in [1.807, 2.05) is 39.0 Å². The molecule has 2 rings (SSSR count). The summed E-state index contributed by atoms with van der Waals surface area (Å²) >= 11 is 1.68. The zero-order valence-electron chi connectivity index (χ0n) is 14.0. The summed E-state index contributed by atoms with van der Waals surface area (Å²) in [6.07, 6.45) is 2.21. The van der Waals surface area contributed by atoms with Crippen molar-refractivity contribution in [2.24, 2.45) is 0 Å². The average molecular weight is 332 g/mol. The highest BCUT2D eigenvalue weighted by Crippen LogP contribution is 2.22. The zero-order valence-corrected chi connectivity index (χ0v) is 14.8. The van der Waals surface area contributed by atoms with Crippen molar-refractivity contribution < 1.29 is 9.53 Å². The largest absolute Gasteiger partial charge is 0.493 e. The Hall–Kier alpha value is -1.88. The van der Waals surface area contributed by atoms with Crippen molar-refractivity contribution in [3.05, 3.63) is 45.4 Å². The van der Waals surface area contributed by atoms with Gasteiger partial charge in [-0.25, -0.2) is 4.98 Å². The van der Waals surface area contributed by atoms with E-state index in [1.165, 1.54) is 0 Å². The molecule has 1 N–H and O–H groups in total. The summed E-state index contributed by atoms with van der Waals surface area (Å²) in [7, 11) is 0. The van der Waals surface area contributed by atoms with E-state index in [9.17, 15) is 4.79 Å². The molecule has 1 aromatic carbocycles. The molecule has 5 heteroatoms. The van der Waals surface area contributed by atoms with Gasteiger partial charge in [-0.2, -0.15) is 0 Å². The summed E-state index contributed by atoms with van der Waals surface area (Å²) in [6, 6.07) is 6.04. The lowest BCUT2D eigenvalue weighted by Crippen LogP contribution is -2.26. The van der Waals surface area contributed by atoms with Crippen LogP contribution in [0.15, 0.2) is 23.6 Å². The Labute approximate surface area is 141 Å². The fourth-order valence-electron chi connectivity index (χ4n) is 2.35. The van der Waals surface area contributed by atoms with Gasteiger partial charge in [-0.1, -0.05) is 18.2 Å². The third-order valence-electron chi connectivity index (χ3n) is 3.54. The van der Waals surface area contributed by atoms with Crippen LogP contribution in [0.2, 0.25) is 0 Å². The molecular formula is C18H24N2O2S. The van der Waals surface area contributed by atoms with Crippen LogP contribution in [-0.4, -0.2) is 24.0 Å². The average Bonchev–Trinajstić information content (AvgIpc) is 2.92. The van der Waals surface area contributed by atoms with Crippen LogP contribution in [0, 0.1) is 20.8 Å². The number of carbonyl (C=O) groups excluding carboxylic acids is 1. The summed E-state index contributed by atoms with van der Waals surface area (Å²) in [6.45, 7) is 7.12. The second-order valence-corrected chi connectivity index (χ2v) is 6.60. The van der Waals surface area contributed by atoms with Gasteiger partial charge in [-0.3, -0.25) is 4.79 Å². The molecule has 1 amide bonds. The van der Waals surface area contributed by atoms with Crippen LogP contribution in [0.3, 0.4) is 0 Å². The topological polar surface area (TPSA) is 51.2 Å². The molecule has 1 aromatic heterocycles. The molecule has 0 atom stereocenters. The molecule has 0 unspecified atom stereocenters. The number of thiazole rings is 1. The summed E-state index contributed by atoms with van der Waals surface area (Å²) in [5.41, 5.74) is 3.27. The van der Waals surface area contributed by atoms with Crippen molar-refractivity contribution in [3.63, 3.8) is 0 Å². The number of ether oxygens (including phenoxy) is 1. The lowest BCUT2D eigenvalue weighted by atomic mass is 10.1. The number of nitrogens with one attached hydrogen (secondary N) is 1. The van der Waals surface area contributed by atoms with E-state index in [1.54, 1.807) is 11.3 Å². The minimum Gasteiger partial charge on any atom is -0.493 e. The van der Waals surface area contributed by atoms with Gasteiger partial charge >= 0.3 is 0 Å². The SMILES string of the molecule is Cc1csc(CCCNC(=O)CCOc2c(C)cccc2C)n1. The van der Waals surface area contributed by atoms with E-state index >= 15 is 0 Å². The lowest BCUT2D eigenvalue weighted by Gasteiger charge is -2.11. The zero-order chi connectivity index (χ0) is 16.7. The number of amides is 1. The van der Waals surface area contributed by atoms with E-state index in [0.29, 0.717) is 19.6 Å². The van der Waals surface area contributed by atoms with Gasteiger partial charge in [0.25, 0.3) is 0 Å². The molecular weight excluding hydrogens is 308 g/mol. The Kier molecular flexibility index (Phi) is 6.59. The summed E-state index contributed by atoms with van der Waals surface area (Å²) in [5, 5.41) is 6.12. The maximum absolute atomic E-state index is 11.8. The molecule has 0 saturated heterocycles. The molecule has 0 aliphatic rings. The first-order valence-electron chi connectivity index (χ1n) is 7.93. The molecule has 124 valence electrons. The quantitative estimate of drug-likeness (QED) is 0.752. The van der Waals surface area contributed by atoms with Gasteiger partial charge in [0.15, 0.2) is 0 Å². The number of nitrogens with zero attached hydrogens (tertiary/aromatic N) is 1. The number of aryl methyl sites for hydroxylation is 4. The predicted molar refractivity (Wildman–Crippen MR) is 94.2 cm³/mol. The highest BCUT2D eigenvalue weighted by Gasteiger charge is 2.06. The number of hydrogen-bond acceptors (Lipinski definition) is 4. The van der Waals surface area contributed by atoms with E-state index in [4.69, 9.17) is 4.74 Å². The molecule has 0 radical (unpaired) electrons. The summed E-state index contributed by atoms with van der Waals surface area (Å²) in [5.74, 6) is 0.922. The number of hydrogen-bond donors (Lipinski definition) is 1. The van der Waals surface area contributed by atoms with E-state index in [-0.39, 0.29) is 5.91 Å². The van der Waals surface area contributed by atoms with Gasteiger partial charge in [0.05, 0.1) is 18.0 Å². The fraction of sp³-hybridized carbons (Fsp3) is 0.444. The molecule has 0 aliphatic carbocycles. The second-order valence-electron chi connectivity index (χ2n) is 5.66. The molecule has 0 saturated carbocycles. The Morgan fingerprint density at radius 3 is 2.65 bits per heavy atom. The fourth-order valence-corrected chi connectivity index (χ4v) is 3.16. The molecule has 0 aliphatic heterocycles. The van der Waals surface area contributed by atoms with Crippen molar-refractivity contribution in [1.82, 2.24) is 10.3 Å². The Balaban J connectivity index is 1.62. The van der Waals surface area contributed by atoms with Gasteiger partial charge in [0, 0.05) is 24.0 Å². The molecule has 2 aromatic rings. The van der Waals surface area contributed by atoms with Crippen LogP contribution < -0.4 is 10.1 Å². The Morgan fingerprint density at radius 2 is 2.00 bits per heavy atom. The standard InChI is InChI=1S/C18H24N2O2S/c1-13-6-4-7-14(2)18(13)22-11-9-16(21)19-10-5-8-17-20-15(3)12-23-17/h4,6-7,12H,5,8-11H2,1-3H3,(H,19,21). The third kappa shape index (κ3) is 5.67. The predicted octanol–water partition coefficient (Wildman–Crippen LogP) is 3.59. The number of para-hydroxylation sites is 1. The summed E-state index contributed by atoms with van der Waals surface area (Å²) in [4.78, 5) is 16.2. The van der Waals surface area contributed by atoms with Crippen LogP contribution in [-0.2, 0) is 11.2 Å². The third-order valence-corrected chi connectivity index (χ3v) is 4.57. The van der Waals surface area contributed by atoms with E-state index < -0.39 is 0 Å². The van der Waals surface area contributed by atoms with Crippen molar-refractivity contribution in [3.8, 4) is 5.75 Å². The maximum Gasteiger partial charge on any atom is 0.223 e. The minimum absolute atomic E-state index is 0.0338. The first kappa shape index (κ1) is 17.5. The molecule has 0 spiro atoms. The van der Waals surface area contributed by atoms with Crippen LogP contribution >= 0.6 is 11.3 Å². The van der Waals surface area contributed by atoms with Crippen LogP contribution in [0.1, 0.15) is 34.7 Å². The molecule has 1 heterocycles. The van der Waals surface area contributed by atoms with Gasteiger partial charge in [0.2, 0.25) is 5.91 Å². The highest BCUT2D eigenvalue weighted by molar-refractivity contribution is 7.09. The molecule has 4 nitrogen and oxygen atoms in total. The minimum atomic E-state index is 0.0338. The number of rotatable bonds is 8. The van der Waals surface area contributed by atoms with Crippen molar-refractivity contribution >= 4 is 17.2 Å². The first-order valence-corrected chi connectivity index (χ1v) is 8.81. The second kappa shape index (κ2) is 8.67. The van der Waals surface area contributed by atoms with Gasteiger partial charge in [0.1, 0.15) is 5.75 Å². The Morgan fingerprint density at radius 1 is 1.26 bits per heavy atom. The van der Waals surface area contributed by atoms with E-state index in [0.717, 1.165) is 40.4 Å². The maximum atomic E-state index is 11.8. The number of carbonyl (C=O) groups is 1. The van der Waals surface area contributed by atoms with Crippen LogP contribution in [0.25, 0.3) is 0 Å². The lowest BCUT2D eigenvalue weighted by molar-refractivity contribution is -0.121. The Bertz CT molecular complexity index is 632. The van der Waals surface area contributed by atoms with Gasteiger partial charge in [-0.15, -0.1) is 11.3 Å². The van der Waals surface area contributed by atoms with Gasteiger partial charge < -0.3 is 10.1 Å². The van der Waals surface area contributed by atoms with Crippen LogP contribution in [0.5, 0.6) is 5.75 Å².